The molecular formula is C15H11BrCl2N2O3. The van der Waals surface area contributed by atoms with Gasteiger partial charge in [0.25, 0.3) is 5.91 Å². The lowest BCUT2D eigenvalue weighted by molar-refractivity contribution is 0.0915. The third-order valence-electron chi connectivity index (χ3n) is 2.76. The Morgan fingerprint density at radius 1 is 1.30 bits per heavy atom. The van der Waals surface area contributed by atoms with Crippen molar-refractivity contribution in [3.8, 4) is 11.8 Å². The third kappa shape index (κ3) is 5.17. The molecule has 0 bridgehead atoms. The second-order valence-corrected chi connectivity index (χ2v) is 6.50. The maximum atomic E-state index is 11.9. The van der Waals surface area contributed by atoms with Gasteiger partial charge in [-0.05, 0) is 36.4 Å². The number of nitrogens with zero attached hydrogens (tertiary/aromatic N) is 1. The van der Waals surface area contributed by atoms with Crippen molar-refractivity contribution >= 4 is 45.0 Å². The number of amides is 1. The second kappa shape index (κ2) is 8.25. The highest BCUT2D eigenvalue weighted by atomic mass is 79.9. The number of halogens is 3. The minimum atomic E-state index is -1.03. The van der Waals surface area contributed by atoms with Crippen molar-refractivity contribution in [2.75, 3.05) is 0 Å². The first-order valence-corrected chi connectivity index (χ1v) is 8.12. The number of furan rings is 1. The minimum absolute atomic E-state index is 0.0497. The summed E-state index contributed by atoms with van der Waals surface area (Å²) in [4.78, 5) is 10.9. The lowest BCUT2D eigenvalue weighted by Crippen LogP contribution is -2.37. The van der Waals surface area contributed by atoms with Crippen LogP contribution in [0.25, 0.3) is 0 Å². The van der Waals surface area contributed by atoms with Crippen molar-refractivity contribution in [3.63, 3.8) is 0 Å². The third-order valence-corrected chi connectivity index (χ3v) is 3.79. The molecule has 0 aliphatic heterocycles. The molecule has 0 spiro atoms. The van der Waals surface area contributed by atoms with Gasteiger partial charge in [0.15, 0.2) is 5.76 Å². The summed E-state index contributed by atoms with van der Waals surface area (Å²) in [5.41, 5.74) is 0. The standard InChI is InChI=1S/C15H11BrCl2N2O3/c16-9-1-3-10(4-2-9)22-8-11-5-6-13(23-11)15(21)20-12(7-19)14(17)18/h1-6,12,14H,8H2,(H,20,21). The van der Waals surface area contributed by atoms with Crippen LogP contribution in [-0.2, 0) is 6.61 Å². The molecule has 1 aromatic heterocycles. The number of nitriles is 1. The first-order chi connectivity index (χ1) is 11.0. The van der Waals surface area contributed by atoms with E-state index in [0.717, 1.165) is 4.47 Å². The summed E-state index contributed by atoms with van der Waals surface area (Å²) in [6, 6.07) is 11.2. The van der Waals surface area contributed by atoms with Gasteiger partial charge >= 0.3 is 0 Å². The summed E-state index contributed by atoms with van der Waals surface area (Å²) in [5, 5.41) is 11.2. The van der Waals surface area contributed by atoms with Crippen LogP contribution in [0.15, 0.2) is 45.3 Å². The number of ether oxygens (including phenoxy) is 1. The van der Waals surface area contributed by atoms with E-state index in [1.807, 2.05) is 12.1 Å². The molecule has 1 atom stereocenters. The topological polar surface area (TPSA) is 75.3 Å². The van der Waals surface area contributed by atoms with Gasteiger partial charge in [-0.3, -0.25) is 4.79 Å². The average Bonchev–Trinajstić information content (AvgIpc) is 3.00. The van der Waals surface area contributed by atoms with Crippen molar-refractivity contribution in [3.05, 3.63) is 52.4 Å². The number of benzene rings is 1. The summed E-state index contributed by atoms with van der Waals surface area (Å²) >= 11 is 14.5. The molecule has 120 valence electrons. The predicted molar refractivity (Wildman–Crippen MR) is 89.5 cm³/mol. The molecule has 1 heterocycles. The van der Waals surface area contributed by atoms with Gasteiger partial charge in [0.1, 0.15) is 29.0 Å². The summed E-state index contributed by atoms with van der Waals surface area (Å²) in [5.74, 6) is 0.624. The van der Waals surface area contributed by atoms with Crippen molar-refractivity contribution in [2.24, 2.45) is 0 Å². The predicted octanol–water partition coefficient (Wildman–Crippen LogP) is 4.05. The van der Waals surface area contributed by atoms with E-state index >= 15 is 0 Å². The number of hydrogen-bond donors (Lipinski definition) is 1. The molecular weight excluding hydrogens is 407 g/mol. The summed E-state index contributed by atoms with van der Waals surface area (Å²) < 4.78 is 11.9. The van der Waals surface area contributed by atoms with Gasteiger partial charge in [-0.1, -0.05) is 15.9 Å². The number of rotatable bonds is 6. The fraction of sp³-hybridized carbons (Fsp3) is 0.200. The molecule has 5 nitrogen and oxygen atoms in total. The lowest BCUT2D eigenvalue weighted by atomic mass is 10.3. The molecule has 0 saturated carbocycles. The Hall–Kier alpha value is -1.68. The van der Waals surface area contributed by atoms with E-state index in [4.69, 9.17) is 37.6 Å². The minimum Gasteiger partial charge on any atom is -0.486 e. The molecule has 1 N–H and O–H groups in total. The highest BCUT2D eigenvalue weighted by Crippen LogP contribution is 2.18. The second-order valence-electron chi connectivity index (χ2n) is 4.42. The van der Waals surface area contributed by atoms with Crippen molar-refractivity contribution < 1.29 is 13.9 Å². The SMILES string of the molecule is N#CC(NC(=O)c1ccc(COc2ccc(Br)cc2)o1)C(Cl)Cl. The van der Waals surface area contributed by atoms with Crippen molar-refractivity contribution in [1.29, 1.82) is 5.26 Å². The largest absolute Gasteiger partial charge is 0.486 e. The first-order valence-electron chi connectivity index (χ1n) is 6.45. The van der Waals surface area contributed by atoms with Crippen molar-refractivity contribution in [1.82, 2.24) is 5.32 Å². The normalized spacial score (nSPS) is 11.8. The highest BCUT2D eigenvalue weighted by Gasteiger charge is 2.21. The van der Waals surface area contributed by atoms with E-state index in [0.29, 0.717) is 11.5 Å². The smallest absolute Gasteiger partial charge is 0.288 e. The molecule has 0 saturated heterocycles. The Morgan fingerprint density at radius 3 is 2.61 bits per heavy atom. The number of carbonyl (C=O) groups excluding carboxylic acids is 1. The zero-order chi connectivity index (χ0) is 16.8. The number of nitrogens with one attached hydrogen (secondary N) is 1. The van der Waals surface area contributed by atoms with Gasteiger partial charge in [0.05, 0.1) is 6.07 Å². The monoisotopic (exact) mass is 416 g/mol. The molecule has 1 amide bonds. The molecule has 2 aromatic rings. The Bertz CT molecular complexity index is 710. The van der Waals surface area contributed by atoms with Crippen LogP contribution in [0.5, 0.6) is 5.75 Å². The molecule has 0 aliphatic carbocycles. The van der Waals surface area contributed by atoms with Gasteiger partial charge in [-0.25, -0.2) is 0 Å². The maximum absolute atomic E-state index is 11.9. The van der Waals surface area contributed by atoms with Crippen LogP contribution in [-0.4, -0.2) is 16.8 Å². The first kappa shape index (κ1) is 17.7. The van der Waals surface area contributed by atoms with Gasteiger partial charge in [-0.15, -0.1) is 23.2 Å². The van der Waals surface area contributed by atoms with Crippen LogP contribution in [0.2, 0.25) is 0 Å². The van der Waals surface area contributed by atoms with Crippen molar-refractivity contribution in [2.45, 2.75) is 17.5 Å². The van der Waals surface area contributed by atoms with E-state index in [9.17, 15) is 4.79 Å². The van der Waals surface area contributed by atoms with E-state index in [-0.39, 0.29) is 12.4 Å². The fourth-order valence-corrected chi connectivity index (χ4v) is 2.13. The average molecular weight is 418 g/mol. The Labute approximate surface area is 151 Å². The van der Waals surface area contributed by atoms with Crippen LogP contribution < -0.4 is 10.1 Å². The molecule has 0 aliphatic rings. The van der Waals surface area contributed by atoms with Crippen LogP contribution >= 0.6 is 39.1 Å². The van der Waals surface area contributed by atoms with Gasteiger partial charge in [0.2, 0.25) is 0 Å². The van der Waals surface area contributed by atoms with E-state index in [1.54, 1.807) is 24.3 Å². The number of alkyl halides is 2. The quantitative estimate of drug-likeness (QED) is 0.719. The Balaban J connectivity index is 1.93. The molecule has 1 aromatic carbocycles. The van der Waals surface area contributed by atoms with Gasteiger partial charge in [0, 0.05) is 4.47 Å². The Kier molecular flexibility index (Phi) is 6.34. The van der Waals surface area contributed by atoms with E-state index in [1.165, 1.54) is 6.07 Å². The molecule has 2 rings (SSSR count). The Morgan fingerprint density at radius 2 is 2.00 bits per heavy atom. The zero-order valence-electron chi connectivity index (χ0n) is 11.6. The molecule has 1 unspecified atom stereocenters. The maximum Gasteiger partial charge on any atom is 0.288 e. The molecule has 0 radical (unpaired) electrons. The van der Waals surface area contributed by atoms with E-state index < -0.39 is 16.8 Å². The molecule has 0 fully saturated rings. The fourth-order valence-electron chi connectivity index (χ4n) is 1.63. The van der Waals surface area contributed by atoms with Crippen LogP contribution in [0.3, 0.4) is 0 Å². The number of carbonyl (C=O) groups is 1. The molecule has 8 heteroatoms. The highest BCUT2D eigenvalue weighted by molar-refractivity contribution is 9.10. The van der Waals surface area contributed by atoms with Crippen LogP contribution in [0.1, 0.15) is 16.3 Å². The number of hydrogen-bond acceptors (Lipinski definition) is 4. The summed E-state index contributed by atoms with van der Waals surface area (Å²) in [6.07, 6.45) is 0. The van der Waals surface area contributed by atoms with Gasteiger partial charge in [-0.2, -0.15) is 5.26 Å². The van der Waals surface area contributed by atoms with Crippen LogP contribution in [0.4, 0.5) is 0 Å². The van der Waals surface area contributed by atoms with Crippen LogP contribution in [0, 0.1) is 11.3 Å². The zero-order valence-corrected chi connectivity index (χ0v) is 14.7. The summed E-state index contributed by atoms with van der Waals surface area (Å²) in [6.45, 7) is 0.171. The lowest BCUT2D eigenvalue weighted by Gasteiger charge is -2.10. The van der Waals surface area contributed by atoms with Gasteiger partial charge < -0.3 is 14.5 Å². The summed E-state index contributed by atoms with van der Waals surface area (Å²) in [7, 11) is 0. The van der Waals surface area contributed by atoms with E-state index in [2.05, 4.69) is 21.2 Å². The molecule has 23 heavy (non-hydrogen) atoms.